The number of carbonyl (C=O) groups excluding carboxylic acids is 3. The van der Waals surface area contributed by atoms with Crippen LogP contribution in [0, 0.1) is 11.3 Å². The first-order valence-electron chi connectivity index (χ1n) is 10.5. The highest BCUT2D eigenvalue weighted by atomic mass is 16.3. The minimum Gasteiger partial charge on any atom is -0.376 e. The molecule has 3 aromatic carbocycles. The van der Waals surface area contributed by atoms with Crippen molar-refractivity contribution in [3.05, 3.63) is 107 Å². The number of ketones is 3. The second kappa shape index (κ2) is 7.10. The van der Waals surface area contributed by atoms with E-state index in [0.717, 1.165) is 11.1 Å². The van der Waals surface area contributed by atoms with E-state index in [4.69, 9.17) is 0 Å². The van der Waals surface area contributed by atoms with Crippen molar-refractivity contribution >= 4 is 17.3 Å². The fourth-order valence-corrected chi connectivity index (χ4v) is 5.33. The van der Waals surface area contributed by atoms with Crippen molar-refractivity contribution < 1.29 is 19.5 Å². The Hall–Kier alpha value is -3.37. The Bertz CT molecular complexity index is 1180. The predicted octanol–water partition coefficient (Wildman–Crippen LogP) is 3.70. The van der Waals surface area contributed by atoms with E-state index in [1.807, 2.05) is 60.7 Å². The Morgan fingerprint density at radius 1 is 0.839 bits per heavy atom. The van der Waals surface area contributed by atoms with Crippen LogP contribution in [0.2, 0.25) is 0 Å². The highest BCUT2D eigenvalue weighted by molar-refractivity contribution is 6.24. The zero-order valence-electron chi connectivity index (χ0n) is 17.0. The molecular formula is C27H22O4. The van der Waals surface area contributed by atoms with Gasteiger partial charge in [-0.25, -0.2) is 0 Å². The fraction of sp³-hybridized carbons (Fsp3) is 0.222. The van der Waals surface area contributed by atoms with Gasteiger partial charge in [0.05, 0.1) is 5.92 Å². The molecule has 2 bridgehead atoms. The summed E-state index contributed by atoms with van der Waals surface area (Å²) >= 11 is 0. The van der Waals surface area contributed by atoms with Gasteiger partial charge in [-0.05, 0) is 24.0 Å². The van der Waals surface area contributed by atoms with Gasteiger partial charge in [-0.1, -0.05) is 84.9 Å². The molecule has 31 heavy (non-hydrogen) atoms. The van der Waals surface area contributed by atoms with Crippen LogP contribution in [0.4, 0.5) is 0 Å². The summed E-state index contributed by atoms with van der Waals surface area (Å²) in [6.07, 6.45) is 0.312. The zero-order chi connectivity index (χ0) is 21.6. The van der Waals surface area contributed by atoms with E-state index < -0.39 is 22.7 Å². The number of Topliss-reactive ketones (excluding diaryl/α,β-unsaturated/α-hetero) is 3. The average Bonchev–Trinajstić information content (AvgIpc) is 2.98. The molecule has 0 unspecified atom stereocenters. The van der Waals surface area contributed by atoms with E-state index in [2.05, 4.69) is 0 Å². The van der Waals surface area contributed by atoms with E-state index in [-0.39, 0.29) is 36.4 Å². The van der Waals surface area contributed by atoms with E-state index in [9.17, 15) is 19.5 Å². The second-order valence-corrected chi connectivity index (χ2v) is 8.60. The minimum absolute atomic E-state index is 0.0242. The van der Waals surface area contributed by atoms with Crippen LogP contribution < -0.4 is 0 Å². The van der Waals surface area contributed by atoms with Crippen LogP contribution in [0.5, 0.6) is 0 Å². The van der Waals surface area contributed by atoms with Gasteiger partial charge in [0.15, 0.2) is 17.2 Å². The minimum atomic E-state index is -1.98. The molecule has 0 spiro atoms. The number of aliphatic hydroxyl groups is 1. The fourth-order valence-electron chi connectivity index (χ4n) is 5.33. The monoisotopic (exact) mass is 410 g/mol. The number of hydrogen-bond acceptors (Lipinski definition) is 4. The third-order valence-electron chi connectivity index (χ3n) is 6.81. The third kappa shape index (κ3) is 2.82. The van der Waals surface area contributed by atoms with Gasteiger partial charge in [0.2, 0.25) is 0 Å². The summed E-state index contributed by atoms with van der Waals surface area (Å²) in [4.78, 5) is 40.8. The molecule has 0 aromatic heterocycles. The van der Waals surface area contributed by atoms with Crippen LogP contribution in [-0.2, 0) is 28.0 Å². The standard InChI is InChI=1S/C27H22O4/c28-23(15-18-9-3-1-4-10-18)22-17-26(16-19-11-5-2-6-12-19)24(29)20-13-7-8-14-21(20)27(22,31)25(26)30/h1-14,22,31H,15-17H2/t22-,26-,27+/m0/s1. The molecule has 3 atom stereocenters. The number of hydrogen-bond donors (Lipinski definition) is 1. The molecule has 1 N–H and O–H groups in total. The molecule has 0 aliphatic heterocycles. The van der Waals surface area contributed by atoms with Crippen molar-refractivity contribution in [3.8, 4) is 0 Å². The van der Waals surface area contributed by atoms with Gasteiger partial charge in [0.1, 0.15) is 11.2 Å². The van der Waals surface area contributed by atoms with E-state index in [0.29, 0.717) is 5.56 Å². The number of carbonyl (C=O) groups is 3. The van der Waals surface area contributed by atoms with Crippen LogP contribution in [0.25, 0.3) is 0 Å². The summed E-state index contributed by atoms with van der Waals surface area (Å²) < 4.78 is 0. The largest absolute Gasteiger partial charge is 0.376 e. The molecule has 0 radical (unpaired) electrons. The lowest BCUT2D eigenvalue weighted by atomic mass is 9.66. The first-order chi connectivity index (χ1) is 15.0. The molecular weight excluding hydrogens is 388 g/mol. The predicted molar refractivity (Wildman–Crippen MR) is 116 cm³/mol. The van der Waals surface area contributed by atoms with Crippen LogP contribution in [0.15, 0.2) is 84.9 Å². The van der Waals surface area contributed by atoms with E-state index in [1.54, 1.807) is 24.3 Å². The van der Waals surface area contributed by atoms with E-state index >= 15 is 0 Å². The molecule has 1 saturated carbocycles. The summed E-state index contributed by atoms with van der Waals surface area (Å²) in [5, 5.41) is 11.8. The smallest absolute Gasteiger partial charge is 0.183 e. The Morgan fingerprint density at radius 3 is 2.10 bits per heavy atom. The maximum absolute atomic E-state index is 13.8. The Kier molecular flexibility index (Phi) is 4.49. The Balaban J connectivity index is 1.63. The number of rotatable bonds is 5. The molecule has 2 aliphatic rings. The first kappa shape index (κ1) is 19.6. The lowest BCUT2D eigenvalue weighted by Crippen LogP contribution is -2.51. The number of benzene rings is 3. The molecule has 0 saturated heterocycles. The van der Waals surface area contributed by atoms with Gasteiger partial charge in [-0.3, -0.25) is 14.4 Å². The second-order valence-electron chi connectivity index (χ2n) is 8.60. The van der Waals surface area contributed by atoms with Crippen molar-refractivity contribution in [2.75, 3.05) is 0 Å². The zero-order valence-corrected chi connectivity index (χ0v) is 17.0. The molecule has 0 heterocycles. The summed E-state index contributed by atoms with van der Waals surface area (Å²) in [6.45, 7) is 0. The molecule has 154 valence electrons. The quantitative estimate of drug-likeness (QED) is 0.651. The molecule has 2 aliphatic carbocycles. The lowest BCUT2D eigenvalue weighted by molar-refractivity contribution is -0.148. The normalized spacial score (nSPS) is 26.5. The van der Waals surface area contributed by atoms with Crippen molar-refractivity contribution in [2.45, 2.75) is 24.9 Å². The van der Waals surface area contributed by atoms with Crippen molar-refractivity contribution in [3.63, 3.8) is 0 Å². The van der Waals surface area contributed by atoms with Gasteiger partial charge in [-0.2, -0.15) is 0 Å². The van der Waals surface area contributed by atoms with Gasteiger partial charge in [-0.15, -0.1) is 0 Å². The Labute approximate surface area is 180 Å². The summed E-state index contributed by atoms with van der Waals surface area (Å²) in [5.41, 5.74) is -1.15. The summed E-state index contributed by atoms with van der Waals surface area (Å²) in [6, 6.07) is 25.3. The van der Waals surface area contributed by atoms with Crippen LogP contribution in [-0.4, -0.2) is 22.5 Å². The van der Waals surface area contributed by atoms with Crippen molar-refractivity contribution in [1.82, 2.24) is 0 Å². The molecule has 4 nitrogen and oxygen atoms in total. The molecule has 0 amide bonds. The highest BCUT2D eigenvalue weighted by Gasteiger charge is 2.70. The average molecular weight is 410 g/mol. The van der Waals surface area contributed by atoms with Gasteiger partial charge >= 0.3 is 0 Å². The lowest BCUT2D eigenvalue weighted by Gasteiger charge is -2.36. The topological polar surface area (TPSA) is 71.4 Å². The van der Waals surface area contributed by atoms with Crippen molar-refractivity contribution in [1.29, 1.82) is 0 Å². The first-order valence-corrected chi connectivity index (χ1v) is 10.5. The van der Waals surface area contributed by atoms with Crippen molar-refractivity contribution in [2.24, 2.45) is 11.3 Å². The molecule has 1 fully saturated rings. The summed E-state index contributed by atoms with van der Waals surface area (Å²) in [5.74, 6) is -2.02. The third-order valence-corrected chi connectivity index (χ3v) is 6.81. The summed E-state index contributed by atoms with van der Waals surface area (Å²) in [7, 11) is 0. The number of fused-ring (bicyclic) bond motifs is 4. The molecule has 4 heteroatoms. The van der Waals surface area contributed by atoms with E-state index in [1.165, 1.54) is 0 Å². The molecule has 5 rings (SSSR count). The van der Waals surface area contributed by atoms with Crippen LogP contribution in [0.3, 0.4) is 0 Å². The maximum Gasteiger partial charge on any atom is 0.183 e. The van der Waals surface area contributed by atoms with Crippen LogP contribution >= 0.6 is 0 Å². The SMILES string of the molecule is O=C(Cc1ccccc1)[C@@H]1C[C@@]2(Cc3ccccc3)C(=O)c3ccccc3[C@]1(O)C2=O. The highest BCUT2D eigenvalue weighted by Crippen LogP contribution is 2.58. The van der Waals surface area contributed by atoms with Crippen LogP contribution in [0.1, 0.15) is 33.5 Å². The van der Waals surface area contributed by atoms with Gasteiger partial charge < -0.3 is 5.11 Å². The molecule has 3 aromatic rings. The van der Waals surface area contributed by atoms with Gasteiger partial charge in [0, 0.05) is 17.5 Å². The Morgan fingerprint density at radius 2 is 1.42 bits per heavy atom. The van der Waals surface area contributed by atoms with Gasteiger partial charge in [0.25, 0.3) is 0 Å². The maximum atomic E-state index is 13.8.